The second-order valence-corrected chi connectivity index (χ2v) is 7.81. The molecule has 0 fully saturated rings. The van der Waals surface area contributed by atoms with E-state index in [1.54, 1.807) is 13.0 Å². The zero-order chi connectivity index (χ0) is 20.5. The van der Waals surface area contributed by atoms with Gasteiger partial charge >= 0.3 is 6.18 Å². The fourth-order valence-corrected chi connectivity index (χ4v) is 3.96. The highest BCUT2D eigenvalue weighted by atomic mass is 32.2. The number of hydrogen-bond acceptors (Lipinski definition) is 5. The number of hydrogen-bond donors (Lipinski definition) is 1. The quantitative estimate of drug-likeness (QED) is 0.669. The Morgan fingerprint density at radius 1 is 1.14 bits per heavy atom. The predicted molar refractivity (Wildman–Crippen MR) is 97.7 cm³/mol. The SMILES string of the molecule is Cc1cn(N=Cc2cc(C(F)(F)F)ccc2S(=O)(=O)c2ccccc2)c(N)n1. The van der Waals surface area contributed by atoms with Gasteiger partial charge in [0.1, 0.15) is 0 Å². The molecule has 1 heterocycles. The van der Waals surface area contributed by atoms with E-state index in [1.807, 2.05) is 0 Å². The first-order valence-electron chi connectivity index (χ1n) is 7.96. The zero-order valence-corrected chi connectivity index (χ0v) is 15.4. The molecule has 2 N–H and O–H groups in total. The van der Waals surface area contributed by atoms with Crippen LogP contribution in [0, 0.1) is 6.92 Å². The molecule has 10 heteroatoms. The van der Waals surface area contributed by atoms with E-state index in [0.717, 1.165) is 29.1 Å². The lowest BCUT2D eigenvalue weighted by atomic mass is 10.1. The summed E-state index contributed by atoms with van der Waals surface area (Å²) in [4.78, 5) is 3.59. The molecule has 1 aromatic heterocycles. The smallest absolute Gasteiger partial charge is 0.368 e. The number of sulfone groups is 1. The molecule has 0 aliphatic heterocycles. The Balaban J connectivity index is 2.16. The third-order valence-electron chi connectivity index (χ3n) is 3.84. The van der Waals surface area contributed by atoms with E-state index in [4.69, 9.17) is 5.73 Å². The molecule has 0 aliphatic rings. The predicted octanol–water partition coefficient (Wildman–Crippen LogP) is 3.51. The van der Waals surface area contributed by atoms with Crippen LogP contribution in [-0.2, 0) is 16.0 Å². The third kappa shape index (κ3) is 3.91. The molecular formula is C18H15F3N4O2S. The number of aryl methyl sites for hydroxylation is 1. The van der Waals surface area contributed by atoms with E-state index in [2.05, 4.69) is 10.1 Å². The summed E-state index contributed by atoms with van der Waals surface area (Å²) in [5, 5.41) is 3.96. The van der Waals surface area contributed by atoms with Gasteiger partial charge in [-0.15, -0.1) is 0 Å². The van der Waals surface area contributed by atoms with Crippen LogP contribution >= 0.6 is 0 Å². The Morgan fingerprint density at radius 3 is 2.39 bits per heavy atom. The molecule has 0 radical (unpaired) electrons. The van der Waals surface area contributed by atoms with Crippen molar-refractivity contribution in [2.45, 2.75) is 22.9 Å². The minimum atomic E-state index is -4.64. The summed E-state index contributed by atoms with van der Waals surface area (Å²) in [6, 6.07) is 9.81. The van der Waals surface area contributed by atoms with Crippen molar-refractivity contribution in [3.05, 3.63) is 71.5 Å². The van der Waals surface area contributed by atoms with Crippen LogP contribution in [0.5, 0.6) is 0 Å². The molecule has 28 heavy (non-hydrogen) atoms. The Labute approximate surface area is 159 Å². The van der Waals surface area contributed by atoms with Crippen molar-refractivity contribution in [1.29, 1.82) is 0 Å². The molecule has 0 amide bonds. The number of anilines is 1. The molecule has 0 saturated carbocycles. The lowest BCUT2D eigenvalue weighted by molar-refractivity contribution is -0.137. The van der Waals surface area contributed by atoms with Gasteiger partial charge in [-0.2, -0.15) is 18.3 Å². The van der Waals surface area contributed by atoms with E-state index < -0.39 is 21.6 Å². The molecule has 0 bridgehead atoms. The zero-order valence-electron chi connectivity index (χ0n) is 14.6. The molecule has 3 rings (SSSR count). The third-order valence-corrected chi connectivity index (χ3v) is 5.68. The standard InChI is InChI=1S/C18H15F3N4O2S/c1-12-11-25(17(22)24-12)23-10-13-9-14(18(19,20)21)7-8-16(13)28(26,27)15-5-3-2-4-6-15/h2-11H,1H3,(H2,22,24). The van der Waals surface area contributed by atoms with Gasteiger partial charge in [0.05, 0.1) is 33.5 Å². The van der Waals surface area contributed by atoms with E-state index in [1.165, 1.54) is 30.5 Å². The summed E-state index contributed by atoms with van der Waals surface area (Å²) < 4.78 is 66.3. The summed E-state index contributed by atoms with van der Waals surface area (Å²) in [5.74, 6) is 0.0215. The van der Waals surface area contributed by atoms with Crippen LogP contribution in [0.2, 0.25) is 0 Å². The number of rotatable bonds is 4. The Bertz CT molecular complexity index is 1140. The van der Waals surface area contributed by atoms with Crippen LogP contribution in [-0.4, -0.2) is 24.3 Å². The van der Waals surface area contributed by atoms with Gasteiger partial charge in [0.15, 0.2) is 0 Å². The van der Waals surface area contributed by atoms with Crippen LogP contribution in [0.15, 0.2) is 69.6 Å². The minimum Gasteiger partial charge on any atom is -0.368 e. The maximum atomic E-state index is 13.1. The molecule has 6 nitrogen and oxygen atoms in total. The van der Waals surface area contributed by atoms with Gasteiger partial charge in [-0.05, 0) is 37.3 Å². The van der Waals surface area contributed by atoms with Gasteiger partial charge < -0.3 is 5.73 Å². The van der Waals surface area contributed by atoms with Crippen LogP contribution in [0.3, 0.4) is 0 Å². The highest BCUT2D eigenvalue weighted by Crippen LogP contribution is 2.32. The topological polar surface area (TPSA) is 90.3 Å². The number of imidazole rings is 1. The van der Waals surface area contributed by atoms with Crippen molar-refractivity contribution >= 4 is 22.0 Å². The molecule has 146 valence electrons. The van der Waals surface area contributed by atoms with Gasteiger partial charge in [-0.3, -0.25) is 0 Å². The summed E-state index contributed by atoms with van der Waals surface area (Å²) >= 11 is 0. The van der Waals surface area contributed by atoms with Crippen molar-refractivity contribution in [1.82, 2.24) is 9.66 Å². The fourth-order valence-electron chi connectivity index (χ4n) is 2.52. The molecule has 0 saturated heterocycles. The van der Waals surface area contributed by atoms with Gasteiger partial charge in [0.25, 0.3) is 0 Å². The Morgan fingerprint density at radius 2 is 1.82 bits per heavy atom. The second-order valence-electron chi connectivity index (χ2n) is 5.90. The second kappa shape index (κ2) is 7.12. The van der Waals surface area contributed by atoms with Crippen molar-refractivity contribution in [3.8, 4) is 0 Å². The minimum absolute atomic E-state index is 0.0215. The lowest BCUT2D eigenvalue weighted by Crippen LogP contribution is -2.10. The van der Waals surface area contributed by atoms with E-state index in [-0.39, 0.29) is 21.3 Å². The van der Waals surface area contributed by atoms with Gasteiger partial charge in [-0.1, -0.05) is 18.2 Å². The summed E-state index contributed by atoms with van der Waals surface area (Å²) in [6.07, 6.45) is -2.16. The van der Waals surface area contributed by atoms with Crippen LogP contribution in [0.1, 0.15) is 16.8 Å². The molecule has 2 aromatic carbocycles. The first kappa shape index (κ1) is 19.6. The first-order valence-corrected chi connectivity index (χ1v) is 9.44. The molecule has 0 atom stereocenters. The van der Waals surface area contributed by atoms with E-state index in [9.17, 15) is 21.6 Å². The normalized spacial score (nSPS) is 12.6. The van der Waals surface area contributed by atoms with Gasteiger partial charge in [0.2, 0.25) is 15.8 Å². The molecular weight excluding hydrogens is 393 g/mol. The van der Waals surface area contributed by atoms with Gasteiger partial charge in [-0.25, -0.2) is 18.1 Å². The summed E-state index contributed by atoms with van der Waals surface area (Å²) in [7, 11) is -4.06. The van der Waals surface area contributed by atoms with Crippen LogP contribution in [0.4, 0.5) is 19.1 Å². The Hall–Kier alpha value is -3.14. The number of halogens is 3. The summed E-state index contributed by atoms with van der Waals surface area (Å²) in [5.41, 5.74) is 5.00. The van der Waals surface area contributed by atoms with Crippen LogP contribution in [0.25, 0.3) is 0 Å². The maximum Gasteiger partial charge on any atom is 0.416 e. The maximum absolute atomic E-state index is 13.1. The average molecular weight is 408 g/mol. The molecule has 0 aliphatic carbocycles. The number of nitrogen functional groups attached to an aromatic ring is 1. The van der Waals surface area contributed by atoms with Crippen LogP contribution < -0.4 is 5.73 Å². The number of alkyl halides is 3. The first-order chi connectivity index (χ1) is 13.1. The fraction of sp³-hybridized carbons (Fsp3) is 0.111. The summed E-state index contributed by atoms with van der Waals surface area (Å²) in [6.45, 7) is 1.66. The monoisotopic (exact) mass is 408 g/mol. The lowest BCUT2D eigenvalue weighted by Gasteiger charge is -2.12. The number of aromatic nitrogens is 2. The number of benzene rings is 2. The number of nitrogens with two attached hydrogens (primary N) is 1. The average Bonchev–Trinajstić information content (AvgIpc) is 2.97. The molecule has 0 unspecified atom stereocenters. The highest BCUT2D eigenvalue weighted by molar-refractivity contribution is 7.91. The van der Waals surface area contributed by atoms with E-state index in [0.29, 0.717) is 5.69 Å². The highest BCUT2D eigenvalue weighted by Gasteiger charge is 2.32. The number of nitrogens with zero attached hydrogens (tertiary/aromatic N) is 3. The van der Waals surface area contributed by atoms with Crippen molar-refractivity contribution in [2.75, 3.05) is 5.73 Å². The Kier molecular flexibility index (Phi) is 4.99. The largest absolute Gasteiger partial charge is 0.416 e. The van der Waals surface area contributed by atoms with Gasteiger partial charge in [0, 0.05) is 5.56 Å². The molecule has 3 aromatic rings. The van der Waals surface area contributed by atoms with Crippen molar-refractivity contribution < 1.29 is 21.6 Å². The van der Waals surface area contributed by atoms with Crippen molar-refractivity contribution in [2.24, 2.45) is 5.10 Å². The van der Waals surface area contributed by atoms with Crippen molar-refractivity contribution in [3.63, 3.8) is 0 Å². The molecule has 0 spiro atoms. The van der Waals surface area contributed by atoms with E-state index >= 15 is 0 Å².